The maximum absolute atomic E-state index is 10.3. The maximum Gasteiger partial charge on any atom is 0.0981 e. The molecule has 0 spiro atoms. The zero-order valence-corrected chi connectivity index (χ0v) is 11.8. The molecular weight excluding hydrogens is 260 g/mol. The van der Waals surface area contributed by atoms with Gasteiger partial charge in [-0.1, -0.05) is 48.5 Å². The van der Waals surface area contributed by atoms with E-state index < -0.39 is 6.10 Å². The molecule has 21 heavy (non-hydrogen) atoms. The molecule has 3 aromatic rings. The van der Waals surface area contributed by atoms with Gasteiger partial charge < -0.3 is 5.11 Å². The van der Waals surface area contributed by atoms with Gasteiger partial charge in [0.2, 0.25) is 0 Å². The molecule has 0 aliphatic heterocycles. The van der Waals surface area contributed by atoms with Crippen molar-refractivity contribution in [2.75, 3.05) is 0 Å². The van der Waals surface area contributed by atoms with Crippen molar-refractivity contribution in [3.05, 3.63) is 84.2 Å². The first-order chi connectivity index (χ1) is 10.3. The highest BCUT2D eigenvalue weighted by Crippen LogP contribution is 2.18. The highest BCUT2D eigenvalue weighted by molar-refractivity contribution is 5.30. The summed E-state index contributed by atoms with van der Waals surface area (Å²) in [7, 11) is 0. The number of hydrogen-bond acceptors (Lipinski definition) is 2. The molecule has 1 atom stereocenters. The molecule has 2 aromatic carbocycles. The summed E-state index contributed by atoms with van der Waals surface area (Å²) < 4.78 is 1.79. The molecule has 0 amide bonds. The summed E-state index contributed by atoms with van der Waals surface area (Å²) in [5.41, 5.74) is 2.95. The number of aryl methyl sites for hydroxylation is 1. The molecule has 1 unspecified atom stereocenters. The van der Waals surface area contributed by atoms with Crippen LogP contribution in [0.15, 0.2) is 72.9 Å². The van der Waals surface area contributed by atoms with Gasteiger partial charge in [-0.2, -0.15) is 5.10 Å². The van der Waals surface area contributed by atoms with Crippen LogP contribution in [-0.2, 0) is 6.42 Å². The zero-order valence-electron chi connectivity index (χ0n) is 11.8. The average molecular weight is 278 g/mol. The Labute approximate surface area is 124 Å². The van der Waals surface area contributed by atoms with E-state index in [-0.39, 0.29) is 0 Å². The fourth-order valence-electron chi connectivity index (χ4n) is 2.34. The number of para-hydroxylation sites is 1. The Kier molecular flexibility index (Phi) is 4.12. The molecule has 0 saturated heterocycles. The van der Waals surface area contributed by atoms with E-state index in [0.29, 0.717) is 6.42 Å². The summed E-state index contributed by atoms with van der Waals surface area (Å²) in [5, 5.41) is 14.7. The summed E-state index contributed by atoms with van der Waals surface area (Å²) in [6.45, 7) is 0. The standard InChI is InChI=1S/C18H18N2O/c21-18(12-11-15-7-3-1-4-8-15)17-13-14-20(19-17)16-9-5-2-6-10-16/h1-10,13-14,18,21H,11-12H2. The molecule has 0 bridgehead atoms. The molecule has 106 valence electrons. The SMILES string of the molecule is OC(CCc1ccccc1)c1ccn(-c2ccccc2)n1. The van der Waals surface area contributed by atoms with E-state index in [1.807, 2.05) is 60.8 Å². The van der Waals surface area contributed by atoms with Gasteiger partial charge in [0, 0.05) is 6.20 Å². The zero-order chi connectivity index (χ0) is 14.5. The van der Waals surface area contributed by atoms with E-state index in [4.69, 9.17) is 0 Å². The molecule has 3 heteroatoms. The van der Waals surface area contributed by atoms with E-state index in [2.05, 4.69) is 17.2 Å². The average Bonchev–Trinajstić information content (AvgIpc) is 3.04. The van der Waals surface area contributed by atoms with Gasteiger partial charge in [0.05, 0.1) is 17.5 Å². The second-order valence-electron chi connectivity index (χ2n) is 5.06. The Balaban J connectivity index is 1.66. The molecule has 0 aliphatic carbocycles. The Hall–Kier alpha value is -2.39. The lowest BCUT2D eigenvalue weighted by molar-refractivity contribution is 0.162. The molecule has 1 N–H and O–H groups in total. The molecule has 1 heterocycles. The number of aliphatic hydroxyl groups excluding tert-OH is 1. The number of aliphatic hydroxyl groups is 1. The van der Waals surface area contributed by atoms with Crippen molar-refractivity contribution in [1.29, 1.82) is 0 Å². The van der Waals surface area contributed by atoms with Crippen molar-refractivity contribution in [2.45, 2.75) is 18.9 Å². The fourth-order valence-corrected chi connectivity index (χ4v) is 2.34. The first-order valence-electron chi connectivity index (χ1n) is 7.16. The van der Waals surface area contributed by atoms with Crippen LogP contribution in [0.4, 0.5) is 0 Å². The van der Waals surface area contributed by atoms with E-state index in [1.165, 1.54) is 5.56 Å². The molecule has 0 aliphatic rings. The monoisotopic (exact) mass is 278 g/mol. The van der Waals surface area contributed by atoms with Crippen LogP contribution in [0, 0.1) is 0 Å². The van der Waals surface area contributed by atoms with Crippen LogP contribution in [-0.4, -0.2) is 14.9 Å². The van der Waals surface area contributed by atoms with Crippen molar-refractivity contribution in [3.63, 3.8) is 0 Å². The van der Waals surface area contributed by atoms with Crippen LogP contribution < -0.4 is 0 Å². The van der Waals surface area contributed by atoms with Gasteiger partial charge in [0.15, 0.2) is 0 Å². The molecule has 0 fully saturated rings. The van der Waals surface area contributed by atoms with Gasteiger partial charge in [-0.15, -0.1) is 0 Å². The molecule has 0 saturated carbocycles. The van der Waals surface area contributed by atoms with Crippen molar-refractivity contribution < 1.29 is 5.11 Å². The van der Waals surface area contributed by atoms with Gasteiger partial charge in [-0.25, -0.2) is 4.68 Å². The first kappa shape index (κ1) is 13.6. The second kappa shape index (κ2) is 6.37. The van der Waals surface area contributed by atoms with Gasteiger partial charge in [0.1, 0.15) is 0 Å². The Morgan fingerprint density at radius 2 is 1.57 bits per heavy atom. The number of rotatable bonds is 5. The van der Waals surface area contributed by atoms with Crippen LogP contribution in [0.5, 0.6) is 0 Å². The van der Waals surface area contributed by atoms with Gasteiger partial charge in [-0.3, -0.25) is 0 Å². The summed E-state index contributed by atoms with van der Waals surface area (Å²) in [4.78, 5) is 0. The highest BCUT2D eigenvalue weighted by atomic mass is 16.3. The Morgan fingerprint density at radius 1 is 0.905 bits per heavy atom. The third-order valence-corrected chi connectivity index (χ3v) is 3.52. The summed E-state index contributed by atoms with van der Waals surface area (Å²) >= 11 is 0. The summed E-state index contributed by atoms with van der Waals surface area (Å²) in [6, 6.07) is 22.0. The summed E-state index contributed by atoms with van der Waals surface area (Å²) in [6.07, 6.45) is 2.88. The second-order valence-corrected chi connectivity index (χ2v) is 5.06. The van der Waals surface area contributed by atoms with Crippen molar-refractivity contribution in [2.24, 2.45) is 0 Å². The number of nitrogens with zero attached hydrogens (tertiary/aromatic N) is 2. The normalized spacial score (nSPS) is 12.2. The first-order valence-corrected chi connectivity index (χ1v) is 7.16. The molecule has 0 radical (unpaired) electrons. The van der Waals surface area contributed by atoms with Crippen LogP contribution in [0.25, 0.3) is 5.69 Å². The Bertz CT molecular complexity index is 677. The quantitative estimate of drug-likeness (QED) is 0.775. The van der Waals surface area contributed by atoms with E-state index in [1.54, 1.807) is 4.68 Å². The lowest BCUT2D eigenvalue weighted by atomic mass is 10.1. The third kappa shape index (κ3) is 3.38. The van der Waals surface area contributed by atoms with Crippen LogP contribution in [0.2, 0.25) is 0 Å². The predicted octanol–water partition coefficient (Wildman–Crippen LogP) is 3.54. The molecule has 3 nitrogen and oxygen atoms in total. The minimum absolute atomic E-state index is 0.532. The Morgan fingerprint density at radius 3 is 2.29 bits per heavy atom. The largest absolute Gasteiger partial charge is 0.387 e. The van der Waals surface area contributed by atoms with Crippen LogP contribution in [0.1, 0.15) is 23.8 Å². The highest BCUT2D eigenvalue weighted by Gasteiger charge is 2.11. The molecule has 3 rings (SSSR count). The minimum atomic E-state index is -0.532. The van der Waals surface area contributed by atoms with Gasteiger partial charge >= 0.3 is 0 Å². The predicted molar refractivity (Wildman–Crippen MR) is 83.3 cm³/mol. The van der Waals surface area contributed by atoms with Crippen molar-refractivity contribution in [1.82, 2.24) is 9.78 Å². The molecule has 1 aromatic heterocycles. The topological polar surface area (TPSA) is 38.0 Å². The lowest BCUT2D eigenvalue weighted by Crippen LogP contribution is -2.02. The lowest BCUT2D eigenvalue weighted by Gasteiger charge is -2.08. The fraction of sp³-hybridized carbons (Fsp3) is 0.167. The van der Waals surface area contributed by atoms with Crippen molar-refractivity contribution in [3.8, 4) is 5.69 Å². The van der Waals surface area contributed by atoms with E-state index >= 15 is 0 Å². The van der Waals surface area contributed by atoms with E-state index in [0.717, 1.165) is 17.8 Å². The van der Waals surface area contributed by atoms with E-state index in [9.17, 15) is 5.11 Å². The van der Waals surface area contributed by atoms with Crippen molar-refractivity contribution >= 4 is 0 Å². The van der Waals surface area contributed by atoms with Gasteiger partial charge in [0.25, 0.3) is 0 Å². The number of aromatic nitrogens is 2. The molecular formula is C18H18N2O. The third-order valence-electron chi connectivity index (χ3n) is 3.52. The van der Waals surface area contributed by atoms with Crippen LogP contribution in [0.3, 0.4) is 0 Å². The number of hydrogen-bond donors (Lipinski definition) is 1. The summed E-state index contributed by atoms with van der Waals surface area (Å²) in [5.74, 6) is 0. The minimum Gasteiger partial charge on any atom is -0.387 e. The van der Waals surface area contributed by atoms with Crippen LogP contribution >= 0.6 is 0 Å². The van der Waals surface area contributed by atoms with Gasteiger partial charge in [-0.05, 0) is 36.6 Å². The maximum atomic E-state index is 10.3. The smallest absolute Gasteiger partial charge is 0.0981 e. The number of benzene rings is 2.